The van der Waals surface area contributed by atoms with Gasteiger partial charge in [0.15, 0.2) is 0 Å². The number of nitrogens with zero attached hydrogens (tertiary/aromatic N) is 1. The topological polar surface area (TPSA) is 23.8 Å². The number of hydrogen-bond donors (Lipinski definition) is 0. The normalized spacial score (nSPS) is 12.0. The molecule has 0 aromatic rings. The molecule has 0 aromatic heterocycles. The predicted octanol–water partition coefficient (Wildman–Crippen LogP) is 6.82. The van der Waals surface area contributed by atoms with Crippen molar-refractivity contribution in [2.24, 2.45) is 5.92 Å². The summed E-state index contributed by atoms with van der Waals surface area (Å²) in [6.45, 7) is 4.22. The molecule has 0 radical (unpaired) electrons. The zero-order chi connectivity index (χ0) is 15.8. The molecule has 1 atom stereocenters. The molecule has 0 rings (SSSR count). The van der Waals surface area contributed by atoms with E-state index in [1.807, 2.05) is 6.92 Å². The summed E-state index contributed by atoms with van der Waals surface area (Å²) in [7, 11) is 0. The van der Waals surface area contributed by atoms with Gasteiger partial charge < -0.3 is 0 Å². The van der Waals surface area contributed by atoms with Crippen molar-refractivity contribution in [2.75, 3.05) is 11.5 Å². The molecule has 0 heterocycles. The summed E-state index contributed by atoms with van der Waals surface area (Å²) in [4.78, 5) is 0. The fourth-order valence-electron chi connectivity index (χ4n) is 2.02. The molecule has 0 aliphatic carbocycles. The predicted molar refractivity (Wildman–Crippen MR) is 104 cm³/mol. The minimum absolute atomic E-state index is 0.103. The van der Waals surface area contributed by atoms with Gasteiger partial charge in [-0.1, -0.05) is 76.9 Å². The second-order valence-corrected chi connectivity index (χ2v) is 8.94. The molecule has 21 heavy (non-hydrogen) atoms. The van der Waals surface area contributed by atoms with E-state index in [0.717, 1.165) is 15.0 Å². The number of thiocarbonyl (C=S) groups is 1. The molecular weight excluding hydrogens is 314 g/mol. The fourth-order valence-corrected chi connectivity index (χ4v) is 4.23. The molecule has 122 valence electrons. The maximum atomic E-state index is 8.71. The molecule has 0 fully saturated rings. The first kappa shape index (κ1) is 21.3. The van der Waals surface area contributed by atoms with Crippen molar-refractivity contribution >= 4 is 39.3 Å². The Kier molecular flexibility index (Phi) is 16.9. The van der Waals surface area contributed by atoms with Crippen LogP contribution in [0.2, 0.25) is 0 Å². The first-order valence-corrected chi connectivity index (χ1v) is 10.8. The van der Waals surface area contributed by atoms with Gasteiger partial charge in [-0.25, -0.2) is 0 Å². The maximum Gasteiger partial charge on any atom is 0.104 e. The van der Waals surface area contributed by atoms with E-state index in [1.54, 1.807) is 23.5 Å². The van der Waals surface area contributed by atoms with E-state index in [-0.39, 0.29) is 5.92 Å². The summed E-state index contributed by atoms with van der Waals surface area (Å²) in [5.74, 6) is 2.08. The number of rotatable bonds is 13. The van der Waals surface area contributed by atoms with Crippen LogP contribution in [0.3, 0.4) is 0 Å². The first-order chi connectivity index (χ1) is 10.2. The third-order valence-electron chi connectivity index (χ3n) is 3.39. The zero-order valence-corrected chi connectivity index (χ0v) is 16.2. The SMILES string of the molecule is CCCCCCCCCCCCSC(=S)SCC(C)C#N. The van der Waals surface area contributed by atoms with Gasteiger partial charge in [-0.2, -0.15) is 5.26 Å². The van der Waals surface area contributed by atoms with Gasteiger partial charge in [-0.3, -0.25) is 0 Å². The van der Waals surface area contributed by atoms with Crippen molar-refractivity contribution in [1.82, 2.24) is 0 Å². The van der Waals surface area contributed by atoms with Crippen molar-refractivity contribution in [1.29, 1.82) is 5.26 Å². The highest BCUT2D eigenvalue weighted by Crippen LogP contribution is 2.21. The van der Waals surface area contributed by atoms with Crippen LogP contribution in [0.5, 0.6) is 0 Å². The molecule has 0 aliphatic heterocycles. The Morgan fingerprint density at radius 2 is 1.48 bits per heavy atom. The van der Waals surface area contributed by atoms with Gasteiger partial charge in [0.1, 0.15) is 3.53 Å². The van der Waals surface area contributed by atoms with Crippen LogP contribution in [0.15, 0.2) is 0 Å². The van der Waals surface area contributed by atoms with Gasteiger partial charge in [-0.15, -0.1) is 23.5 Å². The van der Waals surface area contributed by atoms with E-state index < -0.39 is 0 Å². The lowest BCUT2D eigenvalue weighted by Crippen LogP contribution is -1.96. The van der Waals surface area contributed by atoms with Crippen molar-refractivity contribution in [2.45, 2.75) is 78.1 Å². The number of unbranched alkanes of at least 4 members (excludes halogenated alkanes) is 9. The molecule has 1 nitrogen and oxygen atoms in total. The van der Waals surface area contributed by atoms with Gasteiger partial charge in [0.2, 0.25) is 0 Å². The molecule has 0 saturated heterocycles. The van der Waals surface area contributed by atoms with Crippen molar-refractivity contribution in [3.8, 4) is 6.07 Å². The summed E-state index contributed by atoms with van der Waals surface area (Å²) < 4.78 is 1.01. The van der Waals surface area contributed by atoms with E-state index in [1.165, 1.54) is 64.2 Å². The number of nitriles is 1. The minimum atomic E-state index is 0.103. The molecule has 0 aliphatic rings. The second-order valence-electron chi connectivity index (χ2n) is 5.62. The Hall–Kier alpha value is 0.280. The largest absolute Gasteiger partial charge is 0.198 e. The highest BCUT2D eigenvalue weighted by molar-refractivity contribution is 8.47. The number of hydrogen-bond acceptors (Lipinski definition) is 4. The summed E-state index contributed by atoms with van der Waals surface area (Å²) in [6.07, 6.45) is 13.8. The number of thioether (sulfide) groups is 2. The molecule has 1 unspecified atom stereocenters. The lowest BCUT2D eigenvalue weighted by molar-refractivity contribution is 0.563. The molecule has 0 N–H and O–H groups in total. The zero-order valence-electron chi connectivity index (χ0n) is 13.7. The van der Waals surface area contributed by atoms with Gasteiger partial charge in [0.25, 0.3) is 0 Å². The van der Waals surface area contributed by atoms with Gasteiger partial charge in [0.05, 0.1) is 12.0 Å². The summed E-state index contributed by atoms with van der Waals surface area (Å²) in [5.41, 5.74) is 0. The summed E-state index contributed by atoms with van der Waals surface area (Å²) >= 11 is 8.76. The van der Waals surface area contributed by atoms with Gasteiger partial charge in [0, 0.05) is 5.75 Å². The molecule has 0 saturated carbocycles. The van der Waals surface area contributed by atoms with Crippen LogP contribution < -0.4 is 0 Å². The van der Waals surface area contributed by atoms with E-state index in [2.05, 4.69) is 13.0 Å². The van der Waals surface area contributed by atoms with E-state index in [0.29, 0.717) is 0 Å². The molecule has 4 heteroatoms. The van der Waals surface area contributed by atoms with Gasteiger partial charge in [-0.05, 0) is 19.1 Å². The van der Waals surface area contributed by atoms with Crippen molar-refractivity contribution in [3.05, 3.63) is 0 Å². The Labute approximate surface area is 146 Å². The quantitative estimate of drug-likeness (QED) is 0.270. The molecule has 0 amide bonds. The average Bonchev–Trinajstić information content (AvgIpc) is 2.50. The molecule has 0 spiro atoms. The summed E-state index contributed by atoms with van der Waals surface area (Å²) in [6, 6.07) is 2.24. The van der Waals surface area contributed by atoms with E-state index >= 15 is 0 Å². The van der Waals surface area contributed by atoms with Crippen LogP contribution in [0, 0.1) is 17.2 Å². The van der Waals surface area contributed by atoms with Crippen LogP contribution in [0.1, 0.15) is 78.1 Å². The Morgan fingerprint density at radius 3 is 2.00 bits per heavy atom. The molecule has 0 aromatic carbocycles. The van der Waals surface area contributed by atoms with Crippen LogP contribution >= 0.6 is 35.7 Å². The van der Waals surface area contributed by atoms with E-state index in [9.17, 15) is 0 Å². The third-order valence-corrected chi connectivity index (χ3v) is 6.43. The lowest BCUT2D eigenvalue weighted by atomic mass is 10.1. The lowest BCUT2D eigenvalue weighted by Gasteiger charge is -2.05. The highest BCUT2D eigenvalue weighted by Gasteiger charge is 2.03. The smallest absolute Gasteiger partial charge is 0.104 e. The molecule has 0 bridgehead atoms. The minimum Gasteiger partial charge on any atom is -0.198 e. The van der Waals surface area contributed by atoms with Crippen LogP contribution in [0.4, 0.5) is 0 Å². The van der Waals surface area contributed by atoms with Crippen LogP contribution in [-0.2, 0) is 0 Å². The Balaban J connectivity index is 3.18. The molecular formula is C17H31NS3. The highest BCUT2D eigenvalue weighted by atomic mass is 32.2. The Morgan fingerprint density at radius 1 is 0.952 bits per heavy atom. The van der Waals surface area contributed by atoms with Gasteiger partial charge >= 0.3 is 0 Å². The summed E-state index contributed by atoms with van der Waals surface area (Å²) in [5, 5.41) is 8.71. The third kappa shape index (κ3) is 16.5. The van der Waals surface area contributed by atoms with Crippen LogP contribution in [-0.4, -0.2) is 15.0 Å². The fraction of sp³-hybridized carbons (Fsp3) is 0.882. The average molecular weight is 346 g/mol. The first-order valence-electron chi connectivity index (χ1n) is 8.39. The van der Waals surface area contributed by atoms with Crippen molar-refractivity contribution in [3.63, 3.8) is 0 Å². The monoisotopic (exact) mass is 345 g/mol. The van der Waals surface area contributed by atoms with Crippen LogP contribution in [0.25, 0.3) is 0 Å². The van der Waals surface area contributed by atoms with Crippen molar-refractivity contribution < 1.29 is 0 Å². The standard InChI is InChI=1S/C17H31NS3/c1-3-4-5-6-7-8-9-10-11-12-13-20-17(19)21-15-16(2)14-18/h16H,3-13,15H2,1-2H3. The maximum absolute atomic E-state index is 8.71. The second kappa shape index (κ2) is 16.6. The Bertz CT molecular complexity index is 286. The van der Waals surface area contributed by atoms with E-state index in [4.69, 9.17) is 17.5 Å².